The van der Waals surface area contributed by atoms with E-state index in [-0.39, 0.29) is 18.2 Å². The zero-order valence-corrected chi connectivity index (χ0v) is 20.4. The smallest absolute Gasteiger partial charge is 0.221 e. The average molecular weight is 474 g/mol. The molecule has 0 spiro atoms. The molecule has 1 N–H and O–H groups in total. The van der Waals surface area contributed by atoms with E-state index in [1.807, 2.05) is 84.4 Å². The first-order valence-corrected chi connectivity index (χ1v) is 11.7. The van der Waals surface area contributed by atoms with Gasteiger partial charge in [0.25, 0.3) is 0 Å². The summed E-state index contributed by atoms with van der Waals surface area (Å²) in [6.07, 6.45) is 4.90. The van der Waals surface area contributed by atoms with E-state index in [1.54, 1.807) is 14.2 Å². The number of carbonyl (C=O) groups is 1. The van der Waals surface area contributed by atoms with Gasteiger partial charge in [-0.2, -0.15) is 0 Å². The highest BCUT2D eigenvalue weighted by atomic mass is 16.5. The van der Waals surface area contributed by atoms with Crippen LogP contribution in [-0.4, -0.2) is 36.1 Å². The van der Waals surface area contributed by atoms with Crippen LogP contribution in [0.3, 0.4) is 0 Å². The van der Waals surface area contributed by atoms with Gasteiger partial charge in [-0.3, -0.25) is 4.79 Å². The van der Waals surface area contributed by atoms with Gasteiger partial charge in [0.15, 0.2) is 11.4 Å². The third kappa shape index (κ3) is 5.74. The van der Waals surface area contributed by atoms with Gasteiger partial charge in [0.2, 0.25) is 5.91 Å². The van der Waals surface area contributed by atoms with Crippen LogP contribution in [0, 0.1) is 0 Å². The van der Waals surface area contributed by atoms with Crippen molar-refractivity contribution >= 4 is 11.6 Å². The predicted molar refractivity (Wildman–Crippen MR) is 135 cm³/mol. The fourth-order valence-electron chi connectivity index (χ4n) is 4.06. The minimum Gasteiger partial charge on any atom is -0.497 e. The van der Waals surface area contributed by atoms with Crippen molar-refractivity contribution in [1.29, 1.82) is 0 Å². The molecule has 35 heavy (non-hydrogen) atoms. The number of ether oxygens (including phenoxy) is 3. The maximum Gasteiger partial charge on any atom is 0.221 e. The largest absolute Gasteiger partial charge is 0.497 e. The summed E-state index contributed by atoms with van der Waals surface area (Å²) in [7, 11) is 3.23. The Hall–Kier alpha value is -4.00. The van der Waals surface area contributed by atoms with Crippen LogP contribution < -0.4 is 19.5 Å². The van der Waals surface area contributed by atoms with E-state index < -0.39 is 0 Å². The molecular weight excluding hydrogens is 442 g/mol. The Morgan fingerprint density at radius 2 is 1.77 bits per heavy atom. The van der Waals surface area contributed by atoms with Crippen molar-refractivity contribution in [3.05, 3.63) is 89.9 Å². The second-order valence-corrected chi connectivity index (χ2v) is 8.28. The zero-order valence-electron chi connectivity index (χ0n) is 20.4. The molecule has 4 aromatic rings. The number of aromatic nitrogens is 2. The number of nitrogens with one attached hydrogen (secondary N) is 1. The molecule has 0 aliphatic rings. The molecule has 2 aromatic heterocycles. The Morgan fingerprint density at radius 1 is 1.03 bits per heavy atom. The first-order valence-electron chi connectivity index (χ1n) is 11.7. The number of pyridine rings is 1. The average Bonchev–Trinajstić information content (AvgIpc) is 3.34. The summed E-state index contributed by atoms with van der Waals surface area (Å²) in [6, 6.07) is 19.6. The number of methoxy groups -OCH3 is 2. The van der Waals surface area contributed by atoms with Gasteiger partial charge in [0.1, 0.15) is 18.1 Å². The first-order chi connectivity index (χ1) is 17.1. The Morgan fingerprint density at radius 3 is 2.46 bits per heavy atom. The van der Waals surface area contributed by atoms with E-state index in [0.29, 0.717) is 36.0 Å². The van der Waals surface area contributed by atoms with Crippen LogP contribution in [0.2, 0.25) is 0 Å². The number of hydrogen-bond acceptors (Lipinski definition) is 5. The number of imidazole rings is 1. The fraction of sp³-hybridized carbons (Fsp3) is 0.286. The Bertz CT molecular complexity index is 1250. The van der Waals surface area contributed by atoms with Gasteiger partial charge in [-0.15, -0.1) is 0 Å². The van der Waals surface area contributed by atoms with Gasteiger partial charge in [-0.25, -0.2) is 4.98 Å². The zero-order chi connectivity index (χ0) is 24.6. The molecule has 0 saturated heterocycles. The summed E-state index contributed by atoms with van der Waals surface area (Å²) in [6.45, 7) is 3.11. The SMILES string of the molecule is CCCNC(=O)CC(c1cc(OC)cc(OC)c1)c1cnc2c(OCc3ccccc3)cccn12. The third-order valence-corrected chi connectivity index (χ3v) is 5.86. The number of carbonyl (C=O) groups excluding carboxylic acids is 1. The standard InChI is InChI=1S/C28H31N3O4/c1-4-12-29-27(32)17-24(21-14-22(33-2)16-23(15-21)34-3)25-18-30-28-26(11-8-13-31(25)28)35-19-20-9-6-5-7-10-20/h5-11,13-16,18,24H,4,12,17,19H2,1-3H3,(H,29,32). The second kappa shape index (κ2) is 11.4. The van der Waals surface area contributed by atoms with Crippen molar-refractivity contribution in [3.8, 4) is 17.2 Å². The van der Waals surface area contributed by atoms with Gasteiger partial charge in [0, 0.05) is 37.3 Å². The van der Waals surface area contributed by atoms with Crippen molar-refractivity contribution in [2.75, 3.05) is 20.8 Å². The van der Waals surface area contributed by atoms with E-state index in [1.165, 1.54) is 0 Å². The molecule has 2 heterocycles. The number of fused-ring (bicyclic) bond motifs is 1. The van der Waals surface area contributed by atoms with Crippen LogP contribution in [0.15, 0.2) is 73.1 Å². The van der Waals surface area contributed by atoms with Crippen molar-refractivity contribution in [1.82, 2.24) is 14.7 Å². The Labute approximate surface area is 205 Å². The molecule has 7 nitrogen and oxygen atoms in total. The molecular formula is C28H31N3O4. The van der Waals surface area contributed by atoms with E-state index in [4.69, 9.17) is 14.2 Å². The quantitative estimate of drug-likeness (QED) is 0.333. The van der Waals surface area contributed by atoms with Crippen LogP contribution in [0.1, 0.15) is 42.5 Å². The molecule has 0 saturated carbocycles. The summed E-state index contributed by atoms with van der Waals surface area (Å²) < 4.78 is 19.1. The van der Waals surface area contributed by atoms with Gasteiger partial charge >= 0.3 is 0 Å². The lowest BCUT2D eigenvalue weighted by molar-refractivity contribution is -0.121. The van der Waals surface area contributed by atoms with Crippen molar-refractivity contribution in [3.63, 3.8) is 0 Å². The number of hydrogen-bond donors (Lipinski definition) is 1. The Kier molecular flexibility index (Phi) is 7.88. The van der Waals surface area contributed by atoms with Crippen molar-refractivity contribution in [2.45, 2.75) is 32.3 Å². The summed E-state index contributed by atoms with van der Waals surface area (Å²) in [5.41, 5.74) is 3.57. The lowest BCUT2D eigenvalue weighted by Crippen LogP contribution is -2.26. The maximum absolute atomic E-state index is 12.8. The summed E-state index contributed by atoms with van der Waals surface area (Å²) in [5, 5.41) is 2.99. The first kappa shape index (κ1) is 24.1. The molecule has 0 bridgehead atoms. The van der Waals surface area contributed by atoms with E-state index in [0.717, 1.165) is 23.2 Å². The van der Waals surface area contributed by atoms with Crippen LogP contribution in [0.25, 0.3) is 5.65 Å². The van der Waals surface area contributed by atoms with Crippen molar-refractivity contribution in [2.24, 2.45) is 0 Å². The van der Waals surface area contributed by atoms with Gasteiger partial charge in [-0.05, 0) is 41.8 Å². The molecule has 1 unspecified atom stereocenters. The van der Waals surface area contributed by atoms with Crippen LogP contribution in [-0.2, 0) is 11.4 Å². The molecule has 7 heteroatoms. The van der Waals surface area contributed by atoms with Crippen LogP contribution >= 0.6 is 0 Å². The number of benzene rings is 2. The third-order valence-electron chi connectivity index (χ3n) is 5.86. The second-order valence-electron chi connectivity index (χ2n) is 8.28. The van der Waals surface area contributed by atoms with E-state index in [2.05, 4.69) is 10.3 Å². The summed E-state index contributed by atoms with van der Waals surface area (Å²) >= 11 is 0. The highest BCUT2D eigenvalue weighted by Gasteiger charge is 2.24. The van der Waals surface area contributed by atoms with E-state index >= 15 is 0 Å². The molecule has 0 aliphatic carbocycles. The van der Waals surface area contributed by atoms with Crippen molar-refractivity contribution < 1.29 is 19.0 Å². The lowest BCUT2D eigenvalue weighted by atomic mass is 9.91. The fourth-order valence-corrected chi connectivity index (χ4v) is 4.06. The van der Waals surface area contributed by atoms with Crippen LogP contribution in [0.4, 0.5) is 0 Å². The number of rotatable bonds is 11. The van der Waals surface area contributed by atoms with Gasteiger partial charge in [-0.1, -0.05) is 37.3 Å². The molecule has 1 amide bonds. The molecule has 1 atom stereocenters. The highest BCUT2D eigenvalue weighted by Crippen LogP contribution is 2.35. The normalized spacial score (nSPS) is 11.7. The molecule has 0 aliphatic heterocycles. The van der Waals surface area contributed by atoms with Crippen LogP contribution in [0.5, 0.6) is 17.2 Å². The lowest BCUT2D eigenvalue weighted by Gasteiger charge is -2.19. The Balaban J connectivity index is 1.72. The molecule has 0 fully saturated rings. The summed E-state index contributed by atoms with van der Waals surface area (Å²) in [5.74, 6) is 1.72. The minimum atomic E-state index is -0.268. The summed E-state index contributed by atoms with van der Waals surface area (Å²) in [4.78, 5) is 17.5. The molecule has 0 radical (unpaired) electrons. The van der Waals surface area contributed by atoms with Gasteiger partial charge in [0.05, 0.1) is 19.9 Å². The number of nitrogens with zero attached hydrogens (tertiary/aromatic N) is 2. The molecule has 2 aromatic carbocycles. The topological polar surface area (TPSA) is 74.1 Å². The monoisotopic (exact) mass is 473 g/mol. The highest BCUT2D eigenvalue weighted by molar-refractivity contribution is 5.77. The van der Waals surface area contributed by atoms with Gasteiger partial charge < -0.3 is 23.9 Å². The molecule has 4 rings (SSSR count). The maximum atomic E-state index is 12.8. The minimum absolute atomic E-state index is 0.0231. The van der Waals surface area contributed by atoms with E-state index in [9.17, 15) is 4.79 Å². The number of amides is 1. The molecule has 182 valence electrons. The predicted octanol–water partition coefficient (Wildman–Crippen LogP) is 4.98.